The molecule has 0 aliphatic carbocycles. The Morgan fingerprint density at radius 3 is 2.56 bits per heavy atom. The van der Waals surface area contributed by atoms with E-state index in [2.05, 4.69) is 24.8 Å². The summed E-state index contributed by atoms with van der Waals surface area (Å²) in [4.78, 5) is 14.1. The van der Waals surface area contributed by atoms with Gasteiger partial charge in [0, 0.05) is 20.0 Å². The number of nitrogens with zero attached hydrogens (tertiary/aromatic N) is 2. The number of carbonyl (C=O) groups excluding carboxylic acids is 1. The Labute approximate surface area is 112 Å². The summed E-state index contributed by atoms with van der Waals surface area (Å²) in [5.41, 5.74) is 6.64. The van der Waals surface area contributed by atoms with Crippen molar-refractivity contribution in [2.75, 3.05) is 23.7 Å². The average Bonchev–Trinajstić information content (AvgIpc) is 2.62. The second-order valence-electron chi connectivity index (χ2n) is 4.63. The largest absolute Gasteiger partial charge is 0.396 e. The van der Waals surface area contributed by atoms with E-state index in [1.165, 1.54) is 18.3 Å². The van der Waals surface area contributed by atoms with Crippen LogP contribution in [0.25, 0.3) is 0 Å². The van der Waals surface area contributed by atoms with Gasteiger partial charge in [-0.2, -0.15) is 5.26 Å². The van der Waals surface area contributed by atoms with Gasteiger partial charge in [0.1, 0.15) is 16.6 Å². The van der Waals surface area contributed by atoms with Crippen molar-refractivity contribution in [3.8, 4) is 6.07 Å². The summed E-state index contributed by atoms with van der Waals surface area (Å²) in [7, 11) is 0. The standard InChI is InChI=1S/C13H19N3OS/c1-5-16(7-8(2)3)13-10(6-14)11(15)12(18-13)9(4)17/h8H,5,7,15H2,1-4H3. The lowest BCUT2D eigenvalue weighted by Crippen LogP contribution is -2.27. The molecule has 0 unspecified atom stereocenters. The number of nitrogen functional groups attached to an aromatic ring is 1. The van der Waals surface area contributed by atoms with Gasteiger partial charge in [-0.1, -0.05) is 13.8 Å². The van der Waals surface area contributed by atoms with Gasteiger partial charge < -0.3 is 10.6 Å². The van der Waals surface area contributed by atoms with E-state index in [0.717, 1.165) is 18.1 Å². The minimum absolute atomic E-state index is 0.0825. The van der Waals surface area contributed by atoms with E-state index in [4.69, 9.17) is 5.73 Å². The van der Waals surface area contributed by atoms with Gasteiger partial charge in [0.2, 0.25) is 0 Å². The first kappa shape index (κ1) is 14.5. The molecule has 1 aromatic heterocycles. The molecule has 1 heterocycles. The number of Topliss-reactive ketones (excluding diaryl/α,β-unsaturated/α-hetero) is 1. The number of hydrogen-bond donors (Lipinski definition) is 1. The number of carbonyl (C=O) groups is 1. The van der Waals surface area contributed by atoms with Crippen LogP contribution in [0.3, 0.4) is 0 Å². The first-order chi connectivity index (χ1) is 8.42. The Bertz CT molecular complexity index is 485. The van der Waals surface area contributed by atoms with Gasteiger partial charge in [0.15, 0.2) is 5.78 Å². The number of anilines is 2. The third kappa shape index (κ3) is 2.82. The molecule has 18 heavy (non-hydrogen) atoms. The fraction of sp³-hybridized carbons (Fsp3) is 0.538. The molecule has 0 saturated carbocycles. The van der Waals surface area contributed by atoms with Crippen LogP contribution in [-0.4, -0.2) is 18.9 Å². The Kier molecular flexibility index (Phi) is 4.74. The van der Waals surface area contributed by atoms with E-state index in [0.29, 0.717) is 22.0 Å². The van der Waals surface area contributed by atoms with Crippen molar-refractivity contribution in [1.82, 2.24) is 0 Å². The molecule has 0 aliphatic heterocycles. The van der Waals surface area contributed by atoms with E-state index in [-0.39, 0.29) is 5.78 Å². The molecule has 2 N–H and O–H groups in total. The lowest BCUT2D eigenvalue weighted by Gasteiger charge is -2.23. The number of hydrogen-bond acceptors (Lipinski definition) is 5. The van der Waals surface area contributed by atoms with Crippen molar-refractivity contribution in [3.05, 3.63) is 10.4 Å². The predicted octanol–water partition coefficient (Wildman–Crippen LogP) is 2.89. The van der Waals surface area contributed by atoms with E-state index in [1.807, 2.05) is 6.92 Å². The molecule has 0 atom stereocenters. The summed E-state index contributed by atoms with van der Waals surface area (Å²) in [6, 6.07) is 2.12. The maximum atomic E-state index is 11.5. The first-order valence-corrected chi connectivity index (χ1v) is 6.82. The third-order valence-electron chi connectivity index (χ3n) is 2.61. The number of rotatable bonds is 5. The summed E-state index contributed by atoms with van der Waals surface area (Å²) < 4.78 is 0. The average molecular weight is 265 g/mol. The Morgan fingerprint density at radius 2 is 2.17 bits per heavy atom. The predicted molar refractivity (Wildman–Crippen MR) is 76.2 cm³/mol. The first-order valence-electron chi connectivity index (χ1n) is 6.00. The summed E-state index contributed by atoms with van der Waals surface area (Å²) in [6.07, 6.45) is 0. The van der Waals surface area contributed by atoms with Crippen molar-refractivity contribution in [2.45, 2.75) is 27.7 Å². The van der Waals surface area contributed by atoms with Crippen LogP contribution >= 0.6 is 11.3 Å². The van der Waals surface area contributed by atoms with Crippen LogP contribution in [0, 0.1) is 17.2 Å². The third-order valence-corrected chi connectivity index (χ3v) is 3.98. The highest BCUT2D eigenvalue weighted by Gasteiger charge is 2.22. The molecule has 0 spiro atoms. The summed E-state index contributed by atoms with van der Waals surface area (Å²) >= 11 is 1.32. The number of ketones is 1. The van der Waals surface area contributed by atoms with Crippen molar-refractivity contribution < 1.29 is 4.79 Å². The molecule has 0 aliphatic rings. The quantitative estimate of drug-likeness (QED) is 0.831. The van der Waals surface area contributed by atoms with Crippen LogP contribution in [0.4, 0.5) is 10.7 Å². The van der Waals surface area contributed by atoms with Gasteiger partial charge in [-0.15, -0.1) is 11.3 Å². The van der Waals surface area contributed by atoms with Crippen LogP contribution in [0.5, 0.6) is 0 Å². The smallest absolute Gasteiger partial charge is 0.171 e. The van der Waals surface area contributed by atoms with Crippen LogP contribution in [-0.2, 0) is 0 Å². The maximum absolute atomic E-state index is 11.5. The van der Waals surface area contributed by atoms with E-state index in [1.54, 1.807) is 0 Å². The molecule has 98 valence electrons. The van der Waals surface area contributed by atoms with Crippen LogP contribution in [0.2, 0.25) is 0 Å². The zero-order valence-corrected chi connectivity index (χ0v) is 12.1. The number of nitriles is 1. The van der Waals surface area contributed by atoms with Gasteiger partial charge in [-0.25, -0.2) is 0 Å². The molecule has 0 amide bonds. The Hall–Kier alpha value is -1.54. The Morgan fingerprint density at radius 1 is 1.56 bits per heavy atom. The molecule has 4 nitrogen and oxygen atoms in total. The fourth-order valence-electron chi connectivity index (χ4n) is 1.82. The van der Waals surface area contributed by atoms with E-state index < -0.39 is 0 Å². The molecule has 0 bridgehead atoms. The van der Waals surface area contributed by atoms with Crippen LogP contribution in [0.15, 0.2) is 0 Å². The number of nitrogens with two attached hydrogens (primary N) is 1. The topological polar surface area (TPSA) is 70.1 Å². The molecule has 0 aromatic carbocycles. The highest BCUT2D eigenvalue weighted by Crippen LogP contribution is 2.38. The molecular formula is C13H19N3OS. The molecular weight excluding hydrogens is 246 g/mol. The van der Waals surface area contributed by atoms with Gasteiger partial charge in [0.05, 0.1) is 10.6 Å². The van der Waals surface area contributed by atoms with E-state index in [9.17, 15) is 10.1 Å². The zero-order valence-electron chi connectivity index (χ0n) is 11.3. The zero-order chi connectivity index (χ0) is 13.9. The van der Waals surface area contributed by atoms with Crippen molar-refractivity contribution in [2.24, 2.45) is 5.92 Å². The summed E-state index contributed by atoms with van der Waals surface area (Å²) in [5.74, 6) is 0.404. The normalized spacial score (nSPS) is 10.4. The Balaban J connectivity index is 3.26. The fourth-order valence-corrected chi connectivity index (χ4v) is 2.96. The summed E-state index contributed by atoms with van der Waals surface area (Å²) in [5, 5.41) is 10.0. The van der Waals surface area contributed by atoms with E-state index >= 15 is 0 Å². The lowest BCUT2D eigenvalue weighted by atomic mass is 10.2. The minimum atomic E-state index is -0.0825. The highest BCUT2D eigenvalue weighted by molar-refractivity contribution is 7.19. The monoisotopic (exact) mass is 265 g/mol. The molecule has 0 saturated heterocycles. The molecule has 1 rings (SSSR count). The molecule has 0 fully saturated rings. The summed E-state index contributed by atoms with van der Waals surface area (Å²) in [6.45, 7) is 9.40. The van der Waals surface area contributed by atoms with Gasteiger partial charge >= 0.3 is 0 Å². The minimum Gasteiger partial charge on any atom is -0.396 e. The van der Waals surface area contributed by atoms with Crippen molar-refractivity contribution in [3.63, 3.8) is 0 Å². The molecule has 5 heteroatoms. The maximum Gasteiger partial charge on any atom is 0.171 e. The second kappa shape index (κ2) is 5.87. The van der Waals surface area contributed by atoms with Gasteiger partial charge in [-0.05, 0) is 12.8 Å². The SMILES string of the molecule is CCN(CC(C)C)c1sc(C(C)=O)c(N)c1C#N. The van der Waals surface area contributed by atoms with Crippen molar-refractivity contribution >= 4 is 27.8 Å². The van der Waals surface area contributed by atoms with Gasteiger partial charge in [0.25, 0.3) is 0 Å². The number of thiophene rings is 1. The lowest BCUT2D eigenvalue weighted by molar-refractivity contribution is 0.102. The second-order valence-corrected chi connectivity index (χ2v) is 5.62. The van der Waals surface area contributed by atoms with Crippen molar-refractivity contribution in [1.29, 1.82) is 5.26 Å². The molecule has 0 radical (unpaired) electrons. The van der Waals surface area contributed by atoms with Crippen LogP contribution < -0.4 is 10.6 Å². The van der Waals surface area contributed by atoms with Crippen LogP contribution in [0.1, 0.15) is 42.9 Å². The molecule has 1 aromatic rings. The van der Waals surface area contributed by atoms with Gasteiger partial charge in [-0.3, -0.25) is 4.79 Å². The highest BCUT2D eigenvalue weighted by atomic mass is 32.1.